The number of fused-ring (bicyclic) bond motifs is 4. The Bertz CT molecular complexity index is 411. The standard InChI is InChI=1S/C12H24N.C11H21N/c1-9(2)10-7-11-5-6-12(8-10)13(11,3)4;1-8(2)9-6-10-4-5-11(7-9)12(10)3/h9-12H,5-8H2,1-4H3;8-11H,4-7H2,1-3H3/q+1;/t10?,11-,12+;9?,10-,11+. The SMILES string of the molecule is CC(C)C1C[C@H]2CC[C@@H](C1)N2C.CC(C)C1C[C@H]2CC[C@@H](C1)[N+]2(C)C. The number of hydrogen-bond donors (Lipinski definition) is 0. The predicted molar refractivity (Wildman–Crippen MR) is 109 cm³/mol. The van der Waals surface area contributed by atoms with E-state index in [1.807, 2.05) is 0 Å². The van der Waals surface area contributed by atoms with Crippen molar-refractivity contribution in [1.82, 2.24) is 4.90 Å². The molecule has 0 radical (unpaired) electrons. The van der Waals surface area contributed by atoms with Crippen LogP contribution in [-0.2, 0) is 0 Å². The van der Waals surface area contributed by atoms with E-state index in [9.17, 15) is 0 Å². The number of piperidine rings is 2. The van der Waals surface area contributed by atoms with Gasteiger partial charge in [-0.15, -0.1) is 0 Å². The zero-order valence-electron chi connectivity index (χ0n) is 18.2. The molecule has 2 nitrogen and oxygen atoms in total. The van der Waals surface area contributed by atoms with Crippen LogP contribution in [0, 0.1) is 23.7 Å². The Labute approximate surface area is 157 Å². The van der Waals surface area contributed by atoms with Crippen molar-refractivity contribution in [1.29, 1.82) is 0 Å². The third-order valence-corrected chi connectivity index (χ3v) is 8.89. The van der Waals surface area contributed by atoms with Crippen molar-refractivity contribution in [3.63, 3.8) is 0 Å². The summed E-state index contributed by atoms with van der Waals surface area (Å²) in [5.41, 5.74) is 0. The fourth-order valence-electron chi connectivity index (χ4n) is 6.46. The molecule has 0 saturated carbocycles. The van der Waals surface area contributed by atoms with Crippen LogP contribution in [0.5, 0.6) is 0 Å². The van der Waals surface area contributed by atoms with E-state index < -0.39 is 0 Å². The van der Waals surface area contributed by atoms with Crippen molar-refractivity contribution >= 4 is 0 Å². The first-order valence-electron chi connectivity index (χ1n) is 11.2. The molecule has 4 fully saturated rings. The van der Waals surface area contributed by atoms with Gasteiger partial charge in [0.15, 0.2) is 0 Å². The monoisotopic (exact) mass is 349 g/mol. The van der Waals surface area contributed by atoms with E-state index in [0.717, 1.165) is 47.8 Å². The van der Waals surface area contributed by atoms with Gasteiger partial charge in [0, 0.05) is 37.8 Å². The highest BCUT2D eigenvalue weighted by atomic mass is 15.4. The maximum absolute atomic E-state index is 2.62. The molecule has 146 valence electrons. The molecule has 4 aliphatic rings. The molecular formula is C23H45N2+. The summed E-state index contributed by atoms with van der Waals surface area (Å²) in [5.74, 6) is 3.84. The maximum Gasteiger partial charge on any atom is 0.0893 e. The van der Waals surface area contributed by atoms with Crippen molar-refractivity contribution in [2.75, 3.05) is 21.1 Å². The van der Waals surface area contributed by atoms with Gasteiger partial charge in [-0.25, -0.2) is 0 Å². The Morgan fingerprint density at radius 2 is 1.08 bits per heavy atom. The molecule has 0 aromatic carbocycles. The second kappa shape index (κ2) is 7.50. The van der Waals surface area contributed by atoms with Crippen LogP contribution in [0.2, 0.25) is 0 Å². The number of nitrogens with zero attached hydrogens (tertiary/aromatic N) is 2. The average Bonchev–Trinajstić information content (AvgIpc) is 2.88. The summed E-state index contributed by atoms with van der Waals surface area (Å²) >= 11 is 0. The van der Waals surface area contributed by atoms with Crippen LogP contribution in [0.4, 0.5) is 0 Å². The van der Waals surface area contributed by atoms with Crippen LogP contribution < -0.4 is 0 Å². The minimum atomic E-state index is 0.904. The Balaban J connectivity index is 0.000000146. The lowest BCUT2D eigenvalue weighted by atomic mass is 9.82. The molecule has 2 heteroatoms. The van der Waals surface area contributed by atoms with Crippen LogP contribution >= 0.6 is 0 Å². The zero-order valence-corrected chi connectivity index (χ0v) is 18.2. The molecule has 2 unspecified atom stereocenters. The summed E-state index contributed by atoms with van der Waals surface area (Å²) in [7, 11) is 7.20. The quantitative estimate of drug-likeness (QED) is 0.621. The molecular weight excluding hydrogens is 304 g/mol. The summed E-state index contributed by atoms with van der Waals surface area (Å²) < 4.78 is 1.32. The molecule has 25 heavy (non-hydrogen) atoms. The van der Waals surface area contributed by atoms with Gasteiger partial charge in [-0.1, -0.05) is 27.7 Å². The normalized spacial score (nSPS) is 42.6. The van der Waals surface area contributed by atoms with E-state index in [4.69, 9.17) is 0 Å². The van der Waals surface area contributed by atoms with Gasteiger partial charge in [0.05, 0.1) is 26.2 Å². The van der Waals surface area contributed by atoms with Crippen molar-refractivity contribution < 1.29 is 4.48 Å². The van der Waals surface area contributed by atoms with E-state index in [1.54, 1.807) is 0 Å². The second-order valence-electron chi connectivity index (χ2n) is 11.0. The van der Waals surface area contributed by atoms with Gasteiger partial charge >= 0.3 is 0 Å². The molecule has 4 rings (SSSR count). The molecule has 4 heterocycles. The zero-order chi connectivity index (χ0) is 18.4. The summed E-state index contributed by atoms with van der Waals surface area (Å²) in [6, 6.07) is 3.81. The van der Waals surface area contributed by atoms with E-state index in [-0.39, 0.29) is 0 Å². The molecule has 0 spiro atoms. The molecule has 6 atom stereocenters. The fourth-order valence-corrected chi connectivity index (χ4v) is 6.46. The topological polar surface area (TPSA) is 3.24 Å². The fraction of sp³-hybridized carbons (Fsp3) is 1.00. The highest BCUT2D eigenvalue weighted by molar-refractivity contribution is 4.93. The molecule has 4 aliphatic heterocycles. The summed E-state index contributed by atoms with van der Waals surface area (Å²) in [5, 5.41) is 0. The van der Waals surface area contributed by atoms with Gasteiger partial charge in [0.1, 0.15) is 0 Å². The predicted octanol–water partition coefficient (Wildman–Crippen LogP) is 5.18. The molecule has 4 saturated heterocycles. The minimum Gasteiger partial charge on any atom is -0.324 e. The Morgan fingerprint density at radius 3 is 1.48 bits per heavy atom. The third kappa shape index (κ3) is 3.95. The van der Waals surface area contributed by atoms with Crippen molar-refractivity contribution in [2.45, 2.75) is 103 Å². The Kier molecular flexibility index (Phi) is 5.91. The minimum absolute atomic E-state index is 0.904. The van der Waals surface area contributed by atoms with Crippen LogP contribution in [-0.4, -0.2) is 54.7 Å². The van der Waals surface area contributed by atoms with Crippen molar-refractivity contribution in [2.24, 2.45) is 23.7 Å². The lowest BCUT2D eigenvalue weighted by molar-refractivity contribution is -0.931. The lowest BCUT2D eigenvalue weighted by Crippen LogP contribution is -2.55. The highest BCUT2D eigenvalue weighted by Crippen LogP contribution is 2.44. The molecule has 0 aromatic rings. The second-order valence-corrected chi connectivity index (χ2v) is 11.0. The molecule has 0 amide bonds. The highest BCUT2D eigenvalue weighted by Gasteiger charge is 2.49. The van der Waals surface area contributed by atoms with Crippen LogP contribution in [0.1, 0.15) is 79.1 Å². The van der Waals surface area contributed by atoms with Gasteiger partial charge in [-0.05, 0) is 56.4 Å². The van der Waals surface area contributed by atoms with Gasteiger partial charge in [-0.3, -0.25) is 0 Å². The van der Waals surface area contributed by atoms with Gasteiger partial charge in [0.25, 0.3) is 0 Å². The Morgan fingerprint density at radius 1 is 0.680 bits per heavy atom. The van der Waals surface area contributed by atoms with Crippen LogP contribution in [0.3, 0.4) is 0 Å². The summed E-state index contributed by atoms with van der Waals surface area (Å²) in [6.45, 7) is 9.57. The Hall–Kier alpha value is -0.0800. The lowest BCUT2D eigenvalue weighted by Gasteiger charge is -2.45. The van der Waals surface area contributed by atoms with Crippen molar-refractivity contribution in [3.8, 4) is 0 Å². The first-order chi connectivity index (χ1) is 11.7. The van der Waals surface area contributed by atoms with E-state index >= 15 is 0 Å². The van der Waals surface area contributed by atoms with Gasteiger partial charge < -0.3 is 9.38 Å². The van der Waals surface area contributed by atoms with E-state index in [0.29, 0.717) is 0 Å². The van der Waals surface area contributed by atoms with Crippen LogP contribution in [0.15, 0.2) is 0 Å². The van der Waals surface area contributed by atoms with E-state index in [2.05, 4.69) is 53.7 Å². The van der Waals surface area contributed by atoms with Gasteiger partial charge in [0.2, 0.25) is 0 Å². The summed E-state index contributed by atoms with van der Waals surface area (Å²) in [4.78, 5) is 2.62. The number of rotatable bonds is 2. The maximum atomic E-state index is 2.62. The van der Waals surface area contributed by atoms with Crippen molar-refractivity contribution in [3.05, 3.63) is 0 Å². The largest absolute Gasteiger partial charge is 0.324 e. The van der Waals surface area contributed by atoms with Crippen LogP contribution in [0.25, 0.3) is 0 Å². The first-order valence-corrected chi connectivity index (χ1v) is 11.2. The smallest absolute Gasteiger partial charge is 0.0893 e. The molecule has 4 bridgehead atoms. The number of quaternary nitrogens is 1. The molecule has 0 aromatic heterocycles. The molecule has 0 aliphatic carbocycles. The van der Waals surface area contributed by atoms with E-state index in [1.165, 1.54) is 55.8 Å². The average molecular weight is 350 g/mol. The first kappa shape index (κ1) is 19.7. The third-order valence-electron chi connectivity index (χ3n) is 8.89. The summed E-state index contributed by atoms with van der Waals surface area (Å²) in [6.07, 6.45) is 11.8. The number of hydrogen-bond acceptors (Lipinski definition) is 1. The molecule has 0 N–H and O–H groups in total. The van der Waals surface area contributed by atoms with Gasteiger partial charge in [-0.2, -0.15) is 0 Å².